The zero-order valence-corrected chi connectivity index (χ0v) is 13.8. The van der Waals surface area contributed by atoms with Gasteiger partial charge in [0.15, 0.2) is 0 Å². The van der Waals surface area contributed by atoms with Crippen molar-refractivity contribution >= 4 is 0 Å². The molecule has 0 saturated carbocycles. The molecule has 1 saturated heterocycles. The van der Waals surface area contributed by atoms with Gasteiger partial charge in [0.05, 0.1) is 0 Å². The largest absolute Gasteiger partial charge is 0.385 e. The second-order valence-electron chi connectivity index (χ2n) is 6.78. The lowest BCUT2D eigenvalue weighted by Gasteiger charge is -2.45. The molecule has 0 spiro atoms. The first-order valence-corrected chi connectivity index (χ1v) is 8.13. The summed E-state index contributed by atoms with van der Waals surface area (Å²) in [5.41, 5.74) is 1.65. The van der Waals surface area contributed by atoms with Crippen LogP contribution in [-0.2, 0) is 11.2 Å². The van der Waals surface area contributed by atoms with E-state index in [2.05, 4.69) is 54.4 Å². The minimum absolute atomic E-state index is 0.217. The van der Waals surface area contributed by atoms with E-state index in [1.54, 1.807) is 7.11 Å². The highest BCUT2D eigenvalue weighted by atomic mass is 16.5. The maximum absolute atomic E-state index is 5.16. The fourth-order valence-electron chi connectivity index (χ4n) is 3.13. The lowest BCUT2D eigenvalue weighted by atomic mass is 9.95. The van der Waals surface area contributed by atoms with Crippen molar-refractivity contribution in [1.82, 2.24) is 10.2 Å². The van der Waals surface area contributed by atoms with Gasteiger partial charge in [0.1, 0.15) is 0 Å². The van der Waals surface area contributed by atoms with Gasteiger partial charge < -0.3 is 10.1 Å². The summed E-state index contributed by atoms with van der Waals surface area (Å²) in [7, 11) is 1.78. The summed E-state index contributed by atoms with van der Waals surface area (Å²) in [6.45, 7) is 8.84. The van der Waals surface area contributed by atoms with Crippen molar-refractivity contribution in [2.75, 3.05) is 33.4 Å². The molecule has 2 rings (SSSR count). The first-order valence-electron chi connectivity index (χ1n) is 8.13. The Morgan fingerprint density at radius 3 is 2.71 bits per heavy atom. The molecule has 0 radical (unpaired) electrons. The molecule has 1 unspecified atom stereocenters. The van der Waals surface area contributed by atoms with Gasteiger partial charge in [-0.15, -0.1) is 0 Å². The molecule has 21 heavy (non-hydrogen) atoms. The van der Waals surface area contributed by atoms with Gasteiger partial charge in [-0.2, -0.15) is 0 Å². The van der Waals surface area contributed by atoms with Gasteiger partial charge in [-0.05, 0) is 45.2 Å². The number of ether oxygens (including phenoxy) is 1. The van der Waals surface area contributed by atoms with Crippen molar-refractivity contribution < 1.29 is 4.74 Å². The average molecular weight is 290 g/mol. The third kappa shape index (κ3) is 5.42. The lowest BCUT2D eigenvalue weighted by molar-refractivity contribution is 0.0897. The minimum atomic E-state index is 0.217. The van der Waals surface area contributed by atoms with Gasteiger partial charge in [-0.25, -0.2) is 0 Å². The predicted octanol–water partition coefficient (Wildman–Crippen LogP) is 2.71. The van der Waals surface area contributed by atoms with Crippen LogP contribution in [0.25, 0.3) is 0 Å². The molecule has 1 atom stereocenters. The van der Waals surface area contributed by atoms with Crippen molar-refractivity contribution in [2.45, 2.75) is 44.7 Å². The normalized spacial score (nSPS) is 22.3. The van der Waals surface area contributed by atoms with Gasteiger partial charge in [0.25, 0.3) is 0 Å². The number of hydrogen-bond donors (Lipinski definition) is 1. The molecule has 1 aromatic carbocycles. The van der Waals surface area contributed by atoms with E-state index in [4.69, 9.17) is 4.74 Å². The molecule has 0 amide bonds. The van der Waals surface area contributed by atoms with Gasteiger partial charge in [0.2, 0.25) is 0 Å². The Morgan fingerprint density at radius 2 is 2.00 bits per heavy atom. The highest BCUT2D eigenvalue weighted by Gasteiger charge is 2.31. The second-order valence-corrected chi connectivity index (χ2v) is 6.78. The third-order valence-corrected chi connectivity index (χ3v) is 4.29. The molecular formula is C18H30N2O. The fraction of sp³-hybridized carbons (Fsp3) is 0.667. The number of unbranched alkanes of at least 4 members (excludes halogenated alkanes) is 1. The van der Waals surface area contributed by atoms with Crippen LogP contribution in [0.3, 0.4) is 0 Å². The van der Waals surface area contributed by atoms with Crippen molar-refractivity contribution in [1.29, 1.82) is 0 Å². The summed E-state index contributed by atoms with van der Waals surface area (Å²) in [4.78, 5) is 2.67. The van der Waals surface area contributed by atoms with E-state index in [-0.39, 0.29) is 5.54 Å². The van der Waals surface area contributed by atoms with Crippen LogP contribution in [-0.4, -0.2) is 49.8 Å². The Balaban J connectivity index is 1.92. The summed E-state index contributed by atoms with van der Waals surface area (Å²) in [5.74, 6) is 0. The summed E-state index contributed by atoms with van der Waals surface area (Å²) in [6, 6.07) is 11.4. The smallest absolute Gasteiger partial charge is 0.0462 e. The molecule has 1 aromatic rings. The molecule has 0 aromatic heterocycles. The molecule has 3 heteroatoms. The molecule has 118 valence electrons. The molecule has 1 aliphatic heterocycles. The number of nitrogens with zero attached hydrogens (tertiary/aromatic N) is 1. The number of piperazine rings is 1. The second kappa shape index (κ2) is 7.92. The van der Waals surface area contributed by atoms with Crippen LogP contribution in [0, 0.1) is 0 Å². The maximum Gasteiger partial charge on any atom is 0.0462 e. The topological polar surface area (TPSA) is 24.5 Å². The van der Waals surface area contributed by atoms with E-state index in [9.17, 15) is 0 Å². The molecule has 3 nitrogen and oxygen atoms in total. The van der Waals surface area contributed by atoms with E-state index >= 15 is 0 Å². The van der Waals surface area contributed by atoms with Gasteiger partial charge in [-0.3, -0.25) is 4.90 Å². The van der Waals surface area contributed by atoms with Crippen molar-refractivity contribution in [3.63, 3.8) is 0 Å². The van der Waals surface area contributed by atoms with E-state index in [1.807, 2.05) is 0 Å². The van der Waals surface area contributed by atoms with Gasteiger partial charge in [0, 0.05) is 38.4 Å². The van der Waals surface area contributed by atoms with E-state index < -0.39 is 0 Å². The minimum Gasteiger partial charge on any atom is -0.385 e. The highest BCUT2D eigenvalue weighted by molar-refractivity contribution is 5.16. The SMILES string of the molecule is COCCCCN1CC(C)(C)NCC1Cc1ccccc1. The third-order valence-electron chi connectivity index (χ3n) is 4.29. The van der Waals surface area contributed by atoms with E-state index in [1.165, 1.54) is 18.5 Å². The molecule has 1 fully saturated rings. The van der Waals surface area contributed by atoms with Crippen molar-refractivity contribution in [3.05, 3.63) is 35.9 Å². The quantitative estimate of drug-likeness (QED) is 0.782. The lowest BCUT2D eigenvalue weighted by Crippen LogP contribution is -2.62. The van der Waals surface area contributed by atoms with Crippen LogP contribution < -0.4 is 5.32 Å². The zero-order valence-electron chi connectivity index (χ0n) is 13.8. The molecule has 1 aliphatic rings. The van der Waals surface area contributed by atoms with E-state index in [0.717, 1.165) is 32.5 Å². The van der Waals surface area contributed by atoms with Gasteiger partial charge >= 0.3 is 0 Å². The zero-order chi connectivity index (χ0) is 15.1. The molecule has 1 N–H and O–H groups in total. The monoisotopic (exact) mass is 290 g/mol. The summed E-state index contributed by atoms with van der Waals surface area (Å²) in [6.07, 6.45) is 3.50. The van der Waals surface area contributed by atoms with Crippen LogP contribution in [0.15, 0.2) is 30.3 Å². The number of methoxy groups -OCH3 is 1. The van der Waals surface area contributed by atoms with Crippen LogP contribution in [0.4, 0.5) is 0 Å². The Kier molecular flexibility index (Phi) is 6.22. The Morgan fingerprint density at radius 1 is 1.24 bits per heavy atom. The first kappa shape index (κ1) is 16.5. The number of hydrogen-bond acceptors (Lipinski definition) is 3. The van der Waals surface area contributed by atoms with Crippen LogP contribution >= 0.6 is 0 Å². The molecule has 1 heterocycles. The number of rotatable bonds is 7. The standard InChI is InChI=1S/C18H30N2O/c1-18(2)15-20(11-7-8-12-21-3)17(14-19-18)13-16-9-5-4-6-10-16/h4-6,9-10,17,19H,7-8,11-15H2,1-3H3. The summed E-state index contributed by atoms with van der Waals surface area (Å²) < 4.78 is 5.16. The Hall–Kier alpha value is -0.900. The van der Waals surface area contributed by atoms with Crippen molar-refractivity contribution in [3.8, 4) is 0 Å². The molecule has 0 bridgehead atoms. The van der Waals surface area contributed by atoms with Crippen LogP contribution in [0.1, 0.15) is 32.3 Å². The van der Waals surface area contributed by atoms with E-state index in [0.29, 0.717) is 6.04 Å². The Bertz CT molecular complexity index is 405. The predicted molar refractivity (Wildman–Crippen MR) is 88.7 cm³/mol. The Labute approximate surface area is 129 Å². The number of nitrogens with one attached hydrogen (secondary N) is 1. The summed E-state index contributed by atoms with van der Waals surface area (Å²) >= 11 is 0. The highest BCUT2D eigenvalue weighted by Crippen LogP contribution is 2.19. The molecular weight excluding hydrogens is 260 g/mol. The van der Waals surface area contributed by atoms with Crippen LogP contribution in [0.2, 0.25) is 0 Å². The van der Waals surface area contributed by atoms with Crippen LogP contribution in [0.5, 0.6) is 0 Å². The van der Waals surface area contributed by atoms with Gasteiger partial charge in [-0.1, -0.05) is 30.3 Å². The fourth-order valence-corrected chi connectivity index (χ4v) is 3.13. The van der Waals surface area contributed by atoms with Crippen molar-refractivity contribution in [2.24, 2.45) is 0 Å². The number of benzene rings is 1. The first-order chi connectivity index (χ1) is 10.1. The molecule has 0 aliphatic carbocycles. The summed E-state index contributed by atoms with van der Waals surface area (Å²) in [5, 5.41) is 3.69. The average Bonchev–Trinajstić information content (AvgIpc) is 2.47. The maximum atomic E-state index is 5.16.